The van der Waals surface area contributed by atoms with Gasteiger partial charge in [-0.25, -0.2) is 9.97 Å². The Labute approximate surface area is 121 Å². The molecule has 1 atom stereocenters. The second kappa shape index (κ2) is 7.21. The SMILES string of the molecule is OCC[C@H](CNc1ncc(Br)cn1)c1ccccc1. The van der Waals surface area contributed by atoms with Crippen molar-refractivity contribution in [1.29, 1.82) is 0 Å². The van der Waals surface area contributed by atoms with Crippen LogP contribution < -0.4 is 5.32 Å². The number of halogens is 1. The molecular weight excluding hydrogens is 306 g/mol. The van der Waals surface area contributed by atoms with Crippen molar-refractivity contribution in [3.05, 3.63) is 52.8 Å². The van der Waals surface area contributed by atoms with Crippen LogP contribution in [0.5, 0.6) is 0 Å². The maximum Gasteiger partial charge on any atom is 0.222 e. The number of aliphatic hydroxyl groups excluding tert-OH is 1. The Morgan fingerprint density at radius 3 is 2.47 bits per heavy atom. The van der Waals surface area contributed by atoms with E-state index in [0.717, 1.165) is 4.47 Å². The molecule has 2 rings (SSSR count). The number of anilines is 1. The molecule has 0 fully saturated rings. The predicted molar refractivity (Wildman–Crippen MR) is 79.1 cm³/mol. The lowest BCUT2D eigenvalue weighted by Gasteiger charge is -2.17. The Bertz CT molecular complexity index is 490. The minimum absolute atomic E-state index is 0.169. The predicted octanol–water partition coefficient (Wildman–Crippen LogP) is 2.82. The van der Waals surface area contributed by atoms with Gasteiger partial charge in [0.25, 0.3) is 0 Å². The standard InChI is InChI=1S/C14H16BrN3O/c15-13-9-17-14(18-10-13)16-8-12(6-7-19)11-4-2-1-3-5-11/h1-5,9-10,12,19H,6-8H2,(H,16,17,18)/t12-/m1/s1. The van der Waals surface area contributed by atoms with Gasteiger partial charge in [-0.05, 0) is 27.9 Å². The van der Waals surface area contributed by atoms with Crippen LogP contribution >= 0.6 is 15.9 Å². The van der Waals surface area contributed by atoms with Crippen LogP contribution in [-0.2, 0) is 0 Å². The van der Waals surface area contributed by atoms with Gasteiger partial charge in [-0.1, -0.05) is 30.3 Å². The first-order valence-corrected chi connectivity index (χ1v) is 6.96. The number of benzene rings is 1. The van der Waals surface area contributed by atoms with Gasteiger partial charge in [0.2, 0.25) is 5.95 Å². The molecule has 0 unspecified atom stereocenters. The minimum Gasteiger partial charge on any atom is -0.396 e. The van der Waals surface area contributed by atoms with Gasteiger partial charge in [-0.3, -0.25) is 0 Å². The summed E-state index contributed by atoms with van der Waals surface area (Å²) in [6, 6.07) is 10.2. The first-order chi connectivity index (χ1) is 9.29. The van der Waals surface area contributed by atoms with Gasteiger partial charge in [-0.15, -0.1) is 0 Å². The van der Waals surface area contributed by atoms with Crippen LogP contribution in [0.3, 0.4) is 0 Å². The Morgan fingerprint density at radius 1 is 1.16 bits per heavy atom. The van der Waals surface area contributed by atoms with Crippen molar-refractivity contribution < 1.29 is 5.11 Å². The molecule has 2 aromatic rings. The highest BCUT2D eigenvalue weighted by Gasteiger charge is 2.11. The molecule has 1 heterocycles. The van der Waals surface area contributed by atoms with Crippen LogP contribution in [0.1, 0.15) is 17.9 Å². The highest BCUT2D eigenvalue weighted by atomic mass is 79.9. The number of aromatic nitrogens is 2. The molecule has 100 valence electrons. The van der Waals surface area contributed by atoms with Crippen molar-refractivity contribution in [3.63, 3.8) is 0 Å². The average Bonchev–Trinajstić information content (AvgIpc) is 2.46. The monoisotopic (exact) mass is 321 g/mol. The van der Waals surface area contributed by atoms with Gasteiger partial charge in [0.05, 0.1) is 4.47 Å². The molecule has 0 bridgehead atoms. The highest BCUT2D eigenvalue weighted by molar-refractivity contribution is 9.10. The smallest absolute Gasteiger partial charge is 0.222 e. The van der Waals surface area contributed by atoms with E-state index in [1.54, 1.807) is 12.4 Å². The molecule has 0 radical (unpaired) electrons. The maximum atomic E-state index is 9.17. The minimum atomic E-state index is 0.169. The van der Waals surface area contributed by atoms with Crippen LogP contribution in [0.15, 0.2) is 47.2 Å². The summed E-state index contributed by atoms with van der Waals surface area (Å²) < 4.78 is 0.855. The van der Waals surface area contributed by atoms with E-state index < -0.39 is 0 Å². The van der Waals surface area contributed by atoms with E-state index in [2.05, 4.69) is 43.3 Å². The molecule has 19 heavy (non-hydrogen) atoms. The number of nitrogens with zero attached hydrogens (tertiary/aromatic N) is 2. The molecule has 0 saturated heterocycles. The lowest BCUT2D eigenvalue weighted by molar-refractivity contribution is 0.277. The third-order valence-electron chi connectivity index (χ3n) is 2.88. The first kappa shape index (κ1) is 14.0. The summed E-state index contributed by atoms with van der Waals surface area (Å²) in [6.45, 7) is 0.870. The van der Waals surface area contributed by atoms with E-state index in [1.165, 1.54) is 5.56 Å². The van der Waals surface area contributed by atoms with Crippen LogP contribution in [0.25, 0.3) is 0 Å². The van der Waals surface area contributed by atoms with E-state index >= 15 is 0 Å². The van der Waals surface area contributed by atoms with E-state index in [0.29, 0.717) is 18.9 Å². The Hall–Kier alpha value is -1.46. The maximum absolute atomic E-state index is 9.17. The van der Waals surface area contributed by atoms with Gasteiger partial charge >= 0.3 is 0 Å². The topological polar surface area (TPSA) is 58.0 Å². The lowest BCUT2D eigenvalue weighted by Crippen LogP contribution is -2.15. The summed E-state index contributed by atoms with van der Waals surface area (Å²) in [5.41, 5.74) is 1.21. The highest BCUT2D eigenvalue weighted by Crippen LogP contribution is 2.19. The second-order valence-corrected chi connectivity index (χ2v) is 5.14. The summed E-state index contributed by atoms with van der Waals surface area (Å²) in [4.78, 5) is 8.34. The van der Waals surface area contributed by atoms with Gasteiger partial charge in [0, 0.05) is 31.5 Å². The summed E-state index contributed by atoms with van der Waals surface area (Å²) in [5.74, 6) is 0.848. The van der Waals surface area contributed by atoms with E-state index in [4.69, 9.17) is 5.11 Å². The van der Waals surface area contributed by atoms with Crippen molar-refractivity contribution in [1.82, 2.24) is 9.97 Å². The van der Waals surface area contributed by atoms with Crippen molar-refractivity contribution >= 4 is 21.9 Å². The number of rotatable bonds is 6. The summed E-state index contributed by atoms with van der Waals surface area (Å²) in [7, 11) is 0. The molecule has 1 aromatic heterocycles. The number of hydrogen-bond acceptors (Lipinski definition) is 4. The fourth-order valence-corrected chi connectivity index (χ4v) is 2.09. The summed E-state index contributed by atoms with van der Waals surface area (Å²) in [6.07, 6.45) is 4.13. The fraction of sp³-hybridized carbons (Fsp3) is 0.286. The third kappa shape index (κ3) is 4.29. The van der Waals surface area contributed by atoms with Crippen molar-refractivity contribution in [2.75, 3.05) is 18.5 Å². The Kier molecular flexibility index (Phi) is 5.30. The molecule has 0 aliphatic carbocycles. The van der Waals surface area contributed by atoms with Crippen LogP contribution in [0.2, 0.25) is 0 Å². The zero-order valence-corrected chi connectivity index (χ0v) is 12.0. The largest absolute Gasteiger partial charge is 0.396 e. The van der Waals surface area contributed by atoms with Crippen molar-refractivity contribution in [2.24, 2.45) is 0 Å². The normalized spacial score (nSPS) is 12.1. The van der Waals surface area contributed by atoms with Crippen molar-refractivity contribution in [2.45, 2.75) is 12.3 Å². The molecule has 4 nitrogen and oxygen atoms in total. The summed E-state index contributed by atoms with van der Waals surface area (Å²) in [5, 5.41) is 12.4. The zero-order chi connectivity index (χ0) is 13.5. The van der Waals surface area contributed by atoms with Crippen LogP contribution in [0, 0.1) is 0 Å². The molecule has 0 saturated carbocycles. The van der Waals surface area contributed by atoms with Gasteiger partial charge in [-0.2, -0.15) is 0 Å². The molecule has 0 amide bonds. The van der Waals surface area contributed by atoms with Gasteiger partial charge < -0.3 is 10.4 Å². The molecule has 2 N–H and O–H groups in total. The number of nitrogens with one attached hydrogen (secondary N) is 1. The molecule has 0 spiro atoms. The molecule has 5 heteroatoms. The second-order valence-electron chi connectivity index (χ2n) is 4.23. The van der Waals surface area contributed by atoms with E-state index in [-0.39, 0.29) is 12.5 Å². The number of hydrogen-bond donors (Lipinski definition) is 2. The average molecular weight is 322 g/mol. The van der Waals surface area contributed by atoms with Gasteiger partial charge in [0.1, 0.15) is 0 Å². The molecule has 0 aliphatic rings. The fourth-order valence-electron chi connectivity index (χ4n) is 1.89. The summed E-state index contributed by atoms with van der Waals surface area (Å²) >= 11 is 3.30. The van der Waals surface area contributed by atoms with Gasteiger partial charge in [0.15, 0.2) is 0 Å². The molecule has 1 aromatic carbocycles. The zero-order valence-electron chi connectivity index (χ0n) is 10.5. The quantitative estimate of drug-likeness (QED) is 0.859. The number of aliphatic hydroxyl groups is 1. The van der Waals surface area contributed by atoms with E-state index in [1.807, 2.05) is 18.2 Å². The molecule has 0 aliphatic heterocycles. The van der Waals surface area contributed by atoms with Crippen LogP contribution in [-0.4, -0.2) is 28.2 Å². The molecular formula is C14H16BrN3O. The Morgan fingerprint density at radius 2 is 1.84 bits per heavy atom. The third-order valence-corrected chi connectivity index (χ3v) is 3.28. The van der Waals surface area contributed by atoms with Crippen molar-refractivity contribution in [3.8, 4) is 0 Å². The Balaban J connectivity index is 1.99. The van der Waals surface area contributed by atoms with Crippen LogP contribution in [0.4, 0.5) is 5.95 Å². The van der Waals surface area contributed by atoms with E-state index in [9.17, 15) is 0 Å². The lowest BCUT2D eigenvalue weighted by atomic mass is 9.96. The first-order valence-electron chi connectivity index (χ1n) is 6.17.